The van der Waals surface area contributed by atoms with Crippen molar-refractivity contribution in [3.63, 3.8) is 0 Å². The molecule has 0 atom stereocenters. The molecule has 0 unspecified atom stereocenters. The van der Waals surface area contributed by atoms with Gasteiger partial charge in [0.05, 0.1) is 12.2 Å². The number of nitrogens with one attached hydrogen (secondary N) is 1. The summed E-state index contributed by atoms with van der Waals surface area (Å²) >= 11 is 7.25. The minimum Gasteiger partial charge on any atom is -0.361 e. The minimum absolute atomic E-state index is 0.0469. The summed E-state index contributed by atoms with van der Waals surface area (Å²) in [5, 5.41) is 7.52. The fraction of sp³-hybridized carbons (Fsp3) is 0.222. The summed E-state index contributed by atoms with van der Waals surface area (Å²) in [7, 11) is 0. The highest BCUT2D eigenvalue weighted by Gasteiger charge is 2.25. The molecule has 1 aliphatic rings. The molecule has 0 fully saturated rings. The average Bonchev–Trinajstić information content (AvgIpc) is 3.26. The summed E-state index contributed by atoms with van der Waals surface area (Å²) in [5.41, 5.74) is 1.72. The number of carbonyl (C=O) groups excluding carboxylic acids is 2. The fourth-order valence-electron chi connectivity index (χ4n) is 2.83. The normalized spacial score (nSPS) is 13.3. The Bertz CT molecular complexity index is 1010. The van der Waals surface area contributed by atoms with Crippen LogP contribution >= 0.6 is 22.9 Å². The third kappa shape index (κ3) is 3.72. The molecule has 27 heavy (non-hydrogen) atoms. The molecule has 0 bridgehead atoms. The Balaban J connectivity index is 1.46. The lowest BCUT2D eigenvalue weighted by molar-refractivity contribution is 0.0736. The van der Waals surface area contributed by atoms with Crippen LogP contribution in [-0.2, 0) is 13.0 Å². The van der Waals surface area contributed by atoms with Crippen LogP contribution in [0.5, 0.6) is 0 Å². The molecular weight excluding hydrogens is 388 g/mol. The molecule has 138 valence electrons. The van der Waals surface area contributed by atoms with E-state index in [9.17, 15) is 9.59 Å². The lowest BCUT2D eigenvalue weighted by Gasteiger charge is -2.26. The first-order chi connectivity index (χ1) is 13.0. The smallest absolute Gasteiger partial charge is 0.279 e. The number of nitrogens with zero attached hydrogens (tertiary/aromatic N) is 3. The van der Waals surface area contributed by atoms with Gasteiger partial charge in [-0.1, -0.05) is 28.1 Å². The molecule has 0 saturated carbocycles. The van der Waals surface area contributed by atoms with Crippen LogP contribution in [-0.4, -0.2) is 33.4 Å². The van der Waals surface area contributed by atoms with E-state index < -0.39 is 0 Å². The van der Waals surface area contributed by atoms with Crippen molar-refractivity contribution in [3.05, 3.63) is 62.9 Å². The molecule has 1 aromatic carbocycles. The summed E-state index contributed by atoms with van der Waals surface area (Å²) in [4.78, 5) is 32.1. The number of aromatic nitrogens is 2. The summed E-state index contributed by atoms with van der Waals surface area (Å²) in [6, 6.07) is 8.42. The summed E-state index contributed by atoms with van der Waals surface area (Å²) in [6.45, 7) is 2.76. The van der Waals surface area contributed by atoms with Crippen LogP contribution in [0.3, 0.4) is 0 Å². The maximum atomic E-state index is 12.7. The van der Waals surface area contributed by atoms with Crippen molar-refractivity contribution in [1.29, 1.82) is 0 Å². The van der Waals surface area contributed by atoms with Crippen molar-refractivity contribution in [2.75, 3.05) is 11.9 Å². The second-order valence-electron chi connectivity index (χ2n) is 6.15. The van der Waals surface area contributed by atoms with Crippen LogP contribution in [0.15, 0.2) is 34.9 Å². The fourth-order valence-corrected chi connectivity index (χ4v) is 3.98. The van der Waals surface area contributed by atoms with E-state index in [-0.39, 0.29) is 17.5 Å². The lowest BCUT2D eigenvalue weighted by atomic mass is 10.1. The quantitative estimate of drug-likeness (QED) is 0.723. The van der Waals surface area contributed by atoms with Crippen LogP contribution in [0.1, 0.15) is 37.2 Å². The Labute approximate surface area is 163 Å². The molecule has 0 aliphatic carbocycles. The zero-order chi connectivity index (χ0) is 19.0. The summed E-state index contributed by atoms with van der Waals surface area (Å²) in [6.07, 6.45) is 0.643. The highest BCUT2D eigenvalue weighted by atomic mass is 35.5. The van der Waals surface area contributed by atoms with Gasteiger partial charge in [-0.3, -0.25) is 14.9 Å². The van der Waals surface area contributed by atoms with E-state index in [2.05, 4.69) is 15.5 Å². The van der Waals surface area contributed by atoms with Gasteiger partial charge in [0.2, 0.25) is 0 Å². The molecule has 2 aromatic heterocycles. The standard InChI is InChI=1S/C18H15ClN4O3S/c1-10-8-14(22-26-10)16(24)21-18-20-13-6-7-23(9-15(13)27-18)17(25)11-2-4-12(19)5-3-11/h2-5,8H,6-7,9H2,1H3,(H,20,21,24). The molecule has 1 N–H and O–H groups in total. The van der Waals surface area contributed by atoms with Gasteiger partial charge >= 0.3 is 0 Å². The number of anilines is 1. The molecule has 4 rings (SSSR count). The van der Waals surface area contributed by atoms with Crippen LogP contribution in [0.2, 0.25) is 5.02 Å². The highest BCUT2D eigenvalue weighted by molar-refractivity contribution is 7.15. The summed E-state index contributed by atoms with van der Waals surface area (Å²) in [5.74, 6) is 0.149. The van der Waals surface area contributed by atoms with Gasteiger partial charge in [0.1, 0.15) is 5.76 Å². The van der Waals surface area contributed by atoms with E-state index in [1.807, 2.05) is 0 Å². The van der Waals surface area contributed by atoms with Gasteiger partial charge in [0.15, 0.2) is 10.8 Å². The maximum absolute atomic E-state index is 12.7. The number of amides is 2. The SMILES string of the molecule is Cc1cc(C(=O)Nc2nc3c(s2)CN(C(=O)c2ccc(Cl)cc2)CC3)no1. The van der Waals surface area contributed by atoms with Crippen molar-refractivity contribution in [3.8, 4) is 0 Å². The Morgan fingerprint density at radius 2 is 2.07 bits per heavy atom. The second kappa shape index (κ2) is 7.13. The van der Waals surface area contributed by atoms with E-state index in [1.165, 1.54) is 11.3 Å². The molecule has 2 amide bonds. The van der Waals surface area contributed by atoms with Crippen LogP contribution in [0.4, 0.5) is 5.13 Å². The number of aryl methyl sites for hydroxylation is 1. The molecule has 3 heterocycles. The largest absolute Gasteiger partial charge is 0.361 e. The molecule has 9 heteroatoms. The highest BCUT2D eigenvalue weighted by Crippen LogP contribution is 2.29. The van der Waals surface area contributed by atoms with E-state index in [0.29, 0.717) is 41.0 Å². The van der Waals surface area contributed by atoms with E-state index >= 15 is 0 Å². The van der Waals surface area contributed by atoms with Crippen molar-refractivity contribution in [1.82, 2.24) is 15.0 Å². The molecule has 0 spiro atoms. The van der Waals surface area contributed by atoms with Crippen LogP contribution < -0.4 is 5.32 Å². The predicted octanol–water partition coefficient (Wildman–Crippen LogP) is 3.54. The van der Waals surface area contributed by atoms with Crippen molar-refractivity contribution in [2.24, 2.45) is 0 Å². The number of thiazole rings is 1. The third-order valence-corrected chi connectivity index (χ3v) is 5.44. The van der Waals surface area contributed by atoms with Gasteiger partial charge in [-0.05, 0) is 31.2 Å². The van der Waals surface area contributed by atoms with Gasteiger partial charge < -0.3 is 9.42 Å². The first-order valence-electron chi connectivity index (χ1n) is 8.27. The first-order valence-corrected chi connectivity index (χ1v) is 9.47. The zero-order valence-corrected chi connectivity index (χ0v) is 15.9. The Morgan fingerprint density at radius 3 is 2.78 bits per heavy atom. The van der Waals surface area contributed by atoms with Crippen molar-refractivity contribution < 1.29 is 14.1 Å². The number of rotatable bonds is 3. The lowest BCUT2D eigenvalue weighted by Crippen LogP contribution is -2.35. The number of carbonyl (C=O) groups is 2. The van der Waals surface area contributed by atoms with Crippen molar-refractivity contribution in [2.45, 2.75) is 19.9 Å². The number of halogens is 1. The number of fused-ring (bicyclic) bond motifs is 1. The van der Waals surface area contributed by atoms with Crippen LogP contribution in [0, 0.1) is 6.92 Å². The van der Waals surface area contributed by atoms with Crippen LogP contribution in [0.25, 0.3) is 0 Å². The zero-order valence-electron chi connectivity index (χ0n) is 14.4. The number of benzene rings is 1. The Hall–Kier alpha value is -2.71. The van der Waals surface area contributed by atoms with Gasteiger partial charge in [0, 0.05) is 34.5 Å². The topological polar surface area (TPSA) is 88.3 Å². The average molecular weight is 403 g/mol. The molecule has 0 radical (unpaired) electrons. The predicted molar refractivity (Wildman–Crippen MR) is 101 cm³/mol. The number of hydrogen-bond donors (Lipinski definition) is 1. The van der Waals surface area contributed by atoms with Gasteiger partial charge in [0.25, 0.3) is 11.8 Å². The minimum atomic E-state index is -0.368. The molecule has 0 saturated heterocycles. The van der Waals surface area contributed by atoms with Gasteiger partial charge in [-0.15, -0.1) is 0 Å². The van der Waals surface area contributed by atoms with E-state index in [1.54, 1.807) is 42.2 Å². The Morgan fingerprint density at radius 1 is 1.30 bits per heavy atom. The third-order valence-electron chi connectivity index (χ3n) is 4.19. The van der Waals surface area contributed by atoms with E-state index in [0.717, 1.165) is 10.6 Å². The van der Waals surface area contributed by atoms with Gasteiger partial charge in [-0.2, -0.15) is 0 Å². The van der Waals surface area contributed by atoms with Gasteiger partial charge in [-0.25, -0.2) is 4.98 Å². The number of hydrogen-bond acceptors (Lipinski definition) is 6. The van der Waals surface area contributed by atoms with Crippen molar-refractivity contribution >= 4 is 39.9 Å². The summed E-state index contributed by atoms with van der Waals surface area (Å²) < 4.78 is 4.91. The molecule has 1 aliphatic heterocycles. The first kappa shape index (κ1) is 17.7. The molecule has 3 aromatic rings. The monoisotopic (exact) mass is 402 g/mol. The molecular formula is C18H15ClN4O3S. The Kier molecular flexibility index (Phi) is 4.67. The maximum Gasteiger partial charge on any atom is 0.279 e. The second-order valence-corrected chi connectivity index (χ2v) is 7.67. The molecule has 7 nitrogen and oxygen atoms in total. The van der Waals surface area contributed by atoms with E-state index in [4.69, 9.17) is 16.1 Å².